The first-order chi connectivity index (χ1) is 10.6. The van der Waals surface area contributed by atoms with Gasteiger partial charge in [-0.2, -0.15) is 0 Å². The lowest BCUT2D eigenvalue weighted by Crippen LogP contribution is -2.17. The van der Waals surface area contributed by atoms with E-state index in [2.05, 4.69) is 23.3 Å². The number of rotatable bonds is 6. The molecule has 2 rings (SSSR count). The van der Waals surface area contributed by atoms with Gasteiger partial charge in [0.2, 0.25) is 11.8 Å². The lowest BCUT2D eigenvalue weighted by molar-refractivity contribution is -0.118. The number of hydrogen-bond acceptors (Lipinski definition) is 3. The number of nitrogens with zero attached hydrogens (tertiary/aromatic N) is 1. The van der Waals surface area contributed by atoms with Crippen LogP contribution in [0.25, 0.3) is 0 Å². The van der Waals surface area contributed by atoms with Crippen LogP contribution in [0, 0.1) is 5.92 Å². The first-order valence-electron chi connectivity index (χ1n) is 7.62. The highest BCUT2D eigenvalue weighted by molar-refractivity contribution is 5.91. The molecule has 0 aliphatic carbocycles. The average Bonchev–Trinajstić information content (AvgIpc) is 2.51. The van der Waals surface area contributed by atoms with Crippen LogP contribution in [-0.2, 0) is 11.2 Å². The van der Waals surface area contributed by atoms with E-state index >= 15 is 0 Å². The summed E-state index contributed by atoms with van der Waals surface area (Å²) in [6.07, 6.45) is 3.64. The summed E-state index contributed by atoms with van der Waals surface area (Å²) in [7, 11) is 0. The molecule has 22 heavy (non-hydrogen) atoms. The van der Waals surface area contributed by atoms with Crippen LogP contribution in [0.1, 0.15) is 32.8 Å². The van der Waals surface area contributed by atoms with Crippen LogP contribution < -0.4 is 10.1 Å². The number of anilines is 1. The molecule has 1 amide bonds. The number of benzene rings is 1. The molecule has 4 heteroatoms. The van der Waals surface area contributed by atoms with Gasteiger partial charge in [-0.15, -0.1) is 0 Å². The van der Waals surface area contributed by atoms with Gasteiger partial charge in [0.25, 0.3) is 0 Å². The number of hydrogen-bond donors (Lipinski definition) is 1. The molecule has 4 nitrogen and oxygen atoms in total. The van der Waals surface area contributed by atoms with Gasteiger partial charge in [-0.3, -0.25) is 4.79 Å². The Morgan fingerprint density at radius 2 is 2.00 bits per heavy atom. The molecule has 0 aliphatic rings. The summed E-state index contributed by atoms with van der Waals surface area (Å²) in [4.78, 5) is 15.9. The molecular weight excluding hydrogens is 276 g/mol. The topological polar surface area (TPSA) is 51.2 Å². The fourth-order valence-electron chi connectivity index (χ4n) is 1.99. The summed E-state index contributed by atoms with van der Waals surface area (Å²) >= 11 is 0. The molecule has 0 bridgehead atoms. The molecule has 0 fully saturated rings. The Bertz CT molecular complexity index is 621. The number of amides is 1. The summed E-state index contributed by atoms with van der Waals surface area (Å²) < 4.78 is 5.85. The number of aromatic nitrogens is 1. The zero-order valence-electron chi connectivity index (χ0n) is 13.3. The van der Waals surface area contributed by atoms with Crippen molar-refractivity contribution in [2.45, 2.75) is 33.6 Å². The Hall–Kier alpha value is -2.36. The van der Waals surface area contributed by atoms with Gasteiger partial charge in [-0.1, -0.05) is 45.4 Å². The van der Waals surface area contributed by atoms with Gasteiger partial charge in [0, 0.05) is 12.0 Å². The van der Waals surface area contributed by atoms with Crippen molar-refractivity contribution in [3.63, 3.8) is 0 Å². The van der Waals surface area contributed by atoms with Gasteiger partial charge < -0.3 is 10.1 Å². The van der Waals surface area contributed by atoms with Gasteiger partial charge in [-0.25, -0.2) is 4.98 Å². The zero-order chi connectivity index (χ0) is 15.9. The molecule has 0 saturated heterocycles. The summed E-state index contributed by atoms with van der Waals surface area (Å²) in [6.45, 7) is 5.84. The molecule has 0 unspecified atom stereocenters. The normalized spacial score (nSPS) is 10.5. The highest BCUT2D eigenvalue weighted by atomic mass is 16.5. The van der Waals surface area contributed by atoms with E-state index in [1.54, 1.807) is 18.3 Å². The molecule has 0 spiro atoms. The third-order valence-corrected chi connectivity index (χ3v) is 3.23. The van der Waals surface area contributed by atoms with Crippen LogP contribution in [0.15, 0.2) is 42.6 Å². The Morgan fingerprint density at radius 3 is 2.64 bits per heavy atom. The predicted molar refractivity (Wildman–Crippen MR) is 88.2 cm³/mol. The number of pyridine rings is 1. The molecule has 1 heterocycles. The third-order valence-electron chi connectivity index (χ3n) is 3.23. The van der Waals surface area contributed by atoms with E-state index in [0.717, 1.165) is 18.6 Å². The lowest BCUT2D eigenvalue weighted by Gasteiger charge is -2.11. The average molecular weight is 298 g/mol. The summed E-state index contributed by atoms with van der Waals surface area (Å²) in [5.74, 6) is 1.27. The van der Waals surface area contributed by atoms with E-state index in [0.29, 0.717) is 11.6 Å². The van der Waals surface area contributed by atoms with Crippen molar-refractivity contribution >= 4 is 11.6 Å². The van der Waals surface area contributed by atoms with E-state index in [9.17, 15) is 4.79 Å². The maximum absolute atomic E-state index is 11.6. The first kappa shape index (κ1) is 16.0. The second-order valence-corrected chi connectivity index (χ2v) is 5.49. The van der Waals surface area contributed by atoms with Gasteiger partial charge in [0.1, 0.15) is 5.75 Å². The fourth-order valence-corrected chi connectivity index (χ4v) is 1.99. The van der Waals surface area contributed by atoms with Crippen molar-refractivity contribution in [2.75, 3.05) is 5.32 Å². The van der Waals surface area contributed by atoms with E-state index in [-0.39, 0.29) is 11.8 Å². The highest BCUT2D eigenvalue weighted by Gasteiger charge is 2.08. The van der Waals surface area contributed by atoms with E-state index < -0.39 is 0 Å². The van der Waals surface area contributed by atoms with E-state index in [1.165, 1.54) is 5.56 Å². The number of carbonyl (C=O) groups is 1. The van der Waals surface area contributed by atoms with Crippen LogP contribution in [0.5, 0.6) is 11.6 Å². The summed E-state index contributed by atoms with van der Waals surface area (Å²) in [6, 6.07) is 11.5. The maximum Gasteiger partial charge on any atom is 0.226 e. The van der Waals surface area contributed by atoms with E-state index in [4.69, 9.17) is 4.74 Å². The molecule has 1 N–H and O–H groups in total. The standard InChI is InChI=1S/C18H22N2O2/c1-4-7-14-8-5-6-9-16(14)22-17-11-10-15(12-19-17)20-18(21)13(2)3/h5-6,8-13H,4,7H2,1-3H3,(H,20,21). The van der Waals surface area contributed by atoms with Gasteiger partial charge in [0.05, 0.1) is 11.9 Å². The van der Waals surface area contributed by atoms with Crippen LogP contribution in [0.2, 0.25) is 0 Å². The van der Waals surface area contributed by atoms with Crippen LogP contribution in [0.3, 0.4) is 0 Å². The van der Waals surface area contributed by atoms with Crippen molar-refractivity contribution in [3.8, 4) is 11.6 Å². The van der Waals surface area contributed by atoms with Crippen LogP contribution >= 0.6 is 0 Å². The Morgan fingerprint density at radius 1 is 1.23 bits per heavy atom. The number of para-hydroxylation sites is 1. The monoisotopic (exact) mass is 298 g/mol. The predicted octanol–water partition coefficient (Wildman–Crippen LogP) is 4.42. The molecule has 0 radical (unpaired) electrons. The Balaban J connectivity index is 2.07. The van der Waals surface area contributed by atoms with Gasteiger partial charge >= 0.3 is 0 Å². The molecule has 1 aromatic carbocycles. The molecule has 0 aliphatic heterocycles. The smallest absolute Gasteiger partial charge is 0.226 e. The third kappa shape index (κ3) is 4.32. The quantitative estimate of drug-likeness (QED) is 0.858. The minimum atomic E-state index is -0.0585. The molecule has 1 aromatic heterocycles. The molecule has 0 atom stereocenters. The van der Waals surface area contributed by atoms with Crippen molar-refractivity contribution < 1.29 is 9.53 Å². The lowest BCUT2D eigenvalue weighted by atomic mass is 10.1. The minimum absolute atomic E-state index is 0.0243. The molecular formula is C18H22N2O2. The van der Waals surface area contributed by atoms with Crippen LogP contribution in [-0.4, -0.2) is 10.9 Å². The van der Waals surface area contributed by atoms with Crippen LogP contribution in [0.4, 0.5) is 5.69 Å². The SMILES string of the molecule is CCCc1ccccc1Oc1ccc(NC(=O)C(C)C)cn1. The molecule has 2 aromatic rings. The highest BCUT2D eigenvalue weighted by Crippen LogP contribution is 2.25. The van der Waals surface area contributed by atoms with Crippen molar-refractivity contribution in [1.82, 2.24) is 4.98 Å². The second-order valence-electron chi connectivity index (χ2n) is 5.49. The Labute approximate surface area is 131 Å². The van der Waals surface area contributed by atoms with E-state index in [1.807, 2.05) is 32.0 Å². The minimum Gasteiger partial charge on any atom is -0.439 e. The zero-order valence-corrected chi connectivity index (χ0v) is 13.3. The van der Waals surface area contributed by atoms with Gasteiger partial charge in [-0.05, 0) is 24.1 Å². The maximum atomic E-state index is 11.6. The summed E-state index contributed by atoms with van der Waals surface area (Å²) in [5.41, 5.74) is 1.84. The molecule has 116 valence electrons. The number of ether oxygens (including phenoxy) is 1. The summed E-state index contributed by atoms with van der Waals surface area (Å²) in [5, 5.41) is 2.81. The van der Waals surface area contributed by atoms with Crippen molar-refractivity contribution in [3.05, 3.63) is 48.2 Å². The second kappa shape index (κ2) is 7.59. The molecule has 0 saturated carbocycles. The Kier molecular flexibility index (Phi) is 5.53. The number of aryl methyl sites for hydroxylation is 1. The van der Waals surface area contributed by atoms with Crippen molar-refractivity contribution in [1.29, 1.82) is 0 Å². The number of nitrogens with one attached hydrogen (secondary N) is 1. The largest absolute Gasteiger partial charge is 0.439 e. The fraction of sp³-hybridized carbons (Fsp3) is 0.333. The van der Waals surface area contributed by atoms with Crippen molar-refractivity contribution in [2.24, 2.45) is 5.92 Å². The van der Waals surface area contributed by atoms with Gasteiger partial charge in [0.15, 0.2) is 0 Å². The first-order valence-corrected chi connectivity index (χ1v) is 7.62. The number of carbonyl (C=O) groups excluding carboxylic acids is 1.